The molecule has 126 valence electrons. The van der Waals surface area contributed by atoms with Crippen molar-refractivity contribution in [3.8, 4) is 5.69 Å². The maximum absolute atomic E-state index is 11.9. The second kappa shape index (κ2) is 7.40. The number of hydrogen-bond donors (Lipinski definition) is 2. The maximum atomic E-state index is 11.9. The Morgan fingerprint density at radius 2 is 2.12 bits per heavy atom. The van der Waals surface area contributed by atoms with Gasteiger partial charge >= 0.3 is 12.1 Å². The molecule has 1 aromatic heterocycles. The minimum atomic E-state index is -0.337. The first kappa shape index (κ1) is 15.7. The largest absolute Gasteiger partial charge is 0.449 e. The molecule has 3 rings (SSSR count). The average molecular weight is 331 g/mol. The summed E-state index contributed by atoms with van der Waals surface area (Å²) in [5.41, 5.74) is 1.43. The minimum Gasteiger partial charge on any atom is -0.449 e. The third-order valence-electron chi connectivity index (χ3n) is 3.46. The molecule has 0 unspecified atom stereocenters. The van der Waals surface area contributed by atoms with Gasteiger partial charge in [-0.2, -0.15) is 0 Å². The summed E-state index contributed by atoms with van der Waals surface area (Å²) in [4.78, 5) is 24.9. The topological polar surface area (TPSA) is 114 Å². The van der Waals surface area contributed by atoms with Crippen LogP contribution < -0.4 is 10.6 Å². The molecule has 10 nitrogen and oxygen atoms in total. The number of tetrazole rings is 1. The summed E-state index contributed by atoms with van der Waals surface area (Å²) in [7, 11) is 0. The van der Waals surface area contributed by atoms with Gasteiger partial charge in [0.25, 0.3) is 0 Å². The van der Waals surface area contributed by atoms with Crippen LogP contribution in [0.25, 0.3) is 5.69 Å². The molecule has 0 bridgehead atoms. The average Bonchev–Trinajstić information content (AvgIpc) is 3.12. The second-order valence-electron chi connectivity index (χ2n) is 5.14. The number of carbonyl (C=O) groups excluding carboxylic acids is 2. The second-order valence-corrected chi connectivity index (χ2v) is 5.14. The Balaban J connectivity index is 1.44. The third-order valence-corrected chi connectivity index (χ3v) is 3.46. The number of urea groups is 1. The Morgan fingerprint density at radius 1 is 1.29 bits per heavy atom. The molecular formula is C14H17N7O3. The SMILES string of the molecule is O=C(NCCN1CCCOC1=O)Nc1ccc(-n2cnnn2)cc1. The van der Waals surface area contributed by atoms with Crippen molar-refractivity contribution in [1.29, 1.82) is 0 Å². The lowest BCUT2D eigenvalue weighted by Gasteiger charge is -2.26. The summed E-state index contributed by atoms with van der Waals surface area (Å²) >= 11 is 0. The number of ether oxygens (including phenoxy) is 1. The molecule has 24 heavy (non-hydrogen) atoms. The summed E-state index contributed by atoms with van der Waals surface area (Å²) in [6, 6.07) is 6.73. The first-order valence-electron chi connectivity index (χ1n) is 7.52. The van der Waals surface area contributed by atoms with Gasteiger partial charge in [-0.05, 0) is 41.1 Å². The van der Waals surface area contributed by atoms with Crippen LogP contribution in [0.4, 0.5) is 15.3 Å². The van der Waals surface area contributed by atoms with E-state index in [1.807, 2.05) is 0 Å². The van der Waals surface area contributed by atoms with Gasteiger partial charge in [0.1, 0.15) is 6.33 Å². The van der Waals surface area contributed by atoms with Crippen LogP contribution in [-0.4, -0.2) is 63.5 Å². The van der Waals surface area contributed by atoms with E-state index in [0.29, 0.717) is 31.9 Å². The zero-order valence-electron chi connectivity index (χ0n) is 12.9. The van der Waals surface area contributed by atoms with Crippen LogP contribution >= 0.6 is 0 Å². The number of anilines is 1. The lowest BCUT2D eigenvalue weighted by molar-refractivity contribution is 0.0736. The van der Waals surface area contributed by atoms with Gasteiger partial charge in [-0.3, -0.25) is 0 Å². The van der Waals surface area contributed by atoms with E-state index in [2.05, 4.69) is 26.2 Å². The molecular weight excluding hydrogens is 314 g/mol. The van der Waals surface area contributed by atoms with E-state index in [1.54, 1.807) is 29.2 Å². The van der Waals surface area contributed by atoms with E-state index >= 15 is 0 Å². The monoisotopic (exact) mass is 331 g/mol. The molecule has 2 aromatic rings. The van der Waals surface area contributed by atoms with Crippen LogP contribution in [0.15, 0.2) is 30.6 Å². The van der Waals surface area contributed by atoms with Crippen molar-refractivity contribution < 1.29 is 14.3 Å². The van der Waals surface area contributed by atoms with Crippen molar-refractivity contribution in [3.05, 3.63) is 30.6 Å². The van der Waals surface area contributed by atoms with E-state index < -0.39 is 0 Å². The Bertz CT molecular complexity index is 687. The molecule has 0 saturated carbocycles. The molecule has 1 aliphatic rings. The first-order valence-corrected chi connectivity index (χ1v) is 7.52. The van der Waals surface area contributed by atoms with E-state index in [0.717, 1.165) is 12.1 Å². The highest BCUT2D eigenvalue weighted by Crippen LogP contribution is 2.11. The molecule has 0 spiro atoms. The predicted molar refractivity (Wildman–Crippen MR) is 83.7 cm³/mol. The van der Waals surface area contributed by atoms with Crippen molar-refractivity contribution in [1.82, 2.24) is 30.4 Å². The van der Waals surface area contributed by atoms with Gasteiger partial charge in [-0.25, -0.2) is 14.3 Å². The highest BCUT2D eigenvalue weighted by atomic mass is 16.6. The number of cyclic esters (lactones) is 1. The van der Waals surface area contributed by atoms with Crippen LogP contribution in [0.2, 0.25) is 0 Å². The number of amides is 3. The quantitative estimate of drug-likeness (QED) is 0.830. The number of benzene rings is 1. The smallest absolute Gasteiger partial charge is 0.409 e. The number of nitrogens with one attached hydrogen (secondary N) is 2. The van der Waals surface area contributed by atoms with Crippen molar-refractivity contribution in [2.24, 2.45) is 0 Å². The molecule has 10 heteroatoms. The maximum Gasteiger partial charge on any atom is 0.409 e. The van der Waals surface area contributed by atoms with Gasteiger partial charge in [0, 0.05) is 25.3 Å². The van der Waals surface area contributed by atoms with E-state index in [1.165, 1.54) is 11.0 Å². The summed E-state index contributed by atoms with van der Waals surface area (Å²) < 4.78 is 6.44. The van der Waals surface area contributed by atoms with Crippen LogP contribution in [-0.2, 0) is 4.74 Å². The molecule has 3 amide bonds. The zero-order chi connectivity index (χ0) is 16.8. The van der Waals surface area contributed by atoms with Crippen molar-refractivity contribution >= 4 is 17.8 Å². The van der Waals surface area contributed by atoms with Gasteiger partial charge in [0.2, 0.25) is 0 Å². The molecule has 1 saturated heterocycles. The van der Waals surface area contributed by atoms with Crippen molar-refractivity contribution in [3.63, 3.8) is 0 Å². The fourth-order valence-corrected chi connectivity index (χ4v) is 2.26. The molecule has 2 N–H and O–H groups in total. The normalized spacial score (nSPS) is 14.2. The summed E-state index contributed by atoms with van der Waals surface area (Å²) in [5, 5.41) is 16.3. The summed E-state index contributed by atoms with van der Waals surface area (Å²) in [6.07, 6.45) is 1.97. The van der Waals surface area contributed by atoms with Crippen LogP contribution in [0.1, 0.15) is 6.42 Å². The van der Waals surface area contributed by atoms with Gasteiger partial charge in [0.15, 0.2) is 0 Å². The molecule has 0 atom stereocenters. The van der Waals surface area contributed by atoms with E-state index in [9.17, 15) is 9.59 Å². The lowest BCUT2D eigenvalue weighted by atomic mass is 10.3. The van der Waals surface area contributed by atoms with Crippen molar-refractivity contribution in [2.75, 3.05) is 31.6 Å². The number of rotatable bonds is 5. The molecule has 0 radical (unpaired) electrons. The lowest BCUT2D eigenvalue weighted by Crippen LogP contribution is -2.43. The standard InChI is InChI=1S/C14H17N7O3/c22-13(15-6-8-20-7-1-9-24-14(20)23)17-11-2-4-12(5-3-11)21-10-16-18-19-21/h2-5,10H,1,6-9H2,(H2,15,17,22). The number of nitrogens with zero attached hydrogens (tertiary/aromatic N) is 5. The highest BCUT2D eigenvalue weighted by Gasteiger charge is 2.18. The van der Waals surface area contributed by atoms with Crippen LogP contribution in [0.5, 0.6) is 0 Å². The Hall–Kier alpha value is -3.17. The summed E-state index contributed by atoms with van der Waals surface area (Å²) in [5.74, 6) is 0. The molecule has 1 aromatic carbocycles. The Labute approximate surface area is 137 Å². The first-order chi connectivity index (χ1) is 11.7. The van der Waals surface area contributed by atoms with Gasteiger partial charge in [-0.1, -0.05) is 0 Å². The van der Waals surface area contributed by atoms with Crippen molar-refractivity contribution in [2.45, 2.75) is 6.42 Å². The van der Waals surface area contributed by atoms with Crippen LogP contribution in [0, 0.1) is 0 Å². The fourth-order valence-electron chi connectivity index (χ4n) is 2.26. The minimum absolute atomic E-state index is 0.332. The molecule has 1 aliphatic heterocycles. The fraction of sp³-hybridized carbons (Fsp3) is 0.357. The predicted octanol–water partition coefficient (Wildman–Crippen LogP) is 0.626. The van der Waals surface area contributed by atoms with Gasteiger partial charge in [0.05, 0.1) is 12.3 Å². The number of carbonyl (C=O) groups is 2. The molecule has 0 aliphatic carbocycles. The van der Waals surface area contributed by atoms with Gasteiger partial charge < -0.3 is 20.3 Å². The highest BCUT2D eigenvalue weighted by molar-refractivity contribution is 5.89. The zero-order valence-corrected chi connectivity index (χ0v) is 12.9. The third kappa shape index (κ3) is 3.97. The number of hydrogen-bond acceptors (Lipinski definition) is 6. The van der Waals surface area contributed by atoms with E-state index in [-0.39, 0.29) is 12.1 Å². The summed E-state index contributed by atoms with van der Waals surface area (Å²) in [6.45, 7) is 1.89. The molecule has 1 fully saturated rings. The Morgan fingerprint density at radius 3 is 2.83 bits per heavy atom. The van der Waals surface area contributed by atoms with Gasteiger partial charge in [-0.15, -0.1) is 5.10 Å². The van der Waals surface area contributed by atoms with Crippen LogP contribution in [0.3, 0.4) is 0 Å². The Kier molecular flexibility index (Phi) is 4.84. The van der Waals surface area contributed by atoms with E-state index in [4.69, 9.17) is 4.74 Å². The molecule has 2 heterocycles. The number of aromatic nitrogens is 4.